The number of rotatable bonds is 4. The smallest absolute Gasteiger partial charge is 0.165 e. The summed E-state index contributed by atoms with van der Waals surface area (Å²) in [5.74, 6) is -0.442. The van der Waals surface area contributed by atoms with Crippen LogP contribution in [0.3, 0.4) is 0 Å². The lowest BCUT2D eigenvalue weighted by Gasteiger charge is -2.11. The molecule has 0 radical (unpaired) electrons. The van der Waals surface area contributed by atoms with E-state index in [4.69, 9.17) is 31.4 Å². The normalized spacial score (nSPS) is 15.8. The summed E-state index contributed by atoms with van der Waals surface area (Å²) in [4.78, 5) is 14.7. The number of fused-ring (bicyclic) bond motifs is 9. The fourth-order valence-corrected chi connectivity index (χ4v) is 9.75. The van der Waals surface area contributed by atoms with Gasteiger partial charge < -0.3 is 0 Å². The SMILES string of the molecule is [2H]c1c([2H])c([2H])c2c(sc3c(-c4nc(-c5cccc(-c6cccc7sc8ccccc8c67)c5)nc(-c5c([2H])c([2H])c([2H])c6sc7c([2H])c([2H])c([2H])c([2H])c7c56)n4)c([2H])c([2H])c([2H])c32)c1[2H]. The first-order chi connectivity index (χ1) is 31.1. The molecule has 238 valence electrons. The van der Waals surface area contributed by atoms with Gasteiger partial charge in [-0.3, -0.25) is 0 Å². The van der Waals surface area contributed by atoms with Crippen LogP contribution >= 0.6 is 34.0 Å². The molecule has 51 heavy (non-hydrogen) atoms. The summed E-state index contributed by atoms with van der Waals surface area (Å²) in [5.41, 5.74) is 1.97. The van der Waals surface area contributed by atoms with Gasteiger partial charge in [0.2, 0.25) is 0 Å². The Labute approximate surface area is 324 Å². The molecule has 0 aliphatic carbocycles. The minimum Gasteiger partial charge on any atom is -0.208 e. The molecule has 0 fully saturated rings. The van der Waals surface area contributed by atoms with Crippen molar-refractivity contribution in [3.05, 3.63) is 151 Å². The minimum absolute atomic E-state index is 0.00462. The largest absolute Gasteiger partial charge is 0.208 e. The number of benzene rings is 7. The fourth-order valence-electron chi connectivity index (χ4n) is 6.58. The second kappa shape index (κ2) is 11.4. The molecule has 0 aliphatic rings. The van der Waals surface area contributed by atoms with Crippen molar-refractivity contribution in [2.45, 2.75) is 0 Å². The van der Waals surface area contributed by atoms with Crippen LogP contribution in [0, 0.1) is 0 Å². The van der Waals surface area contributed by atoms with Gasteiger partial charge >= 0.3 is 0 Å². The average molecular weight is 718 g/mol. The van der Waals surface area contributed by atoms with Gasteiger partial charge in [0.25, 0.3) is 0 Å². The highest BCUT2D eigenvalue weighted by Gasteiger charge is 2.20. The maximum Gasteiger partial charge on any atom is 0.165 e. The third-order valence-electron chi connectivity index (χ3n) is 8.80. The van der Waals surface area contributed by atoms with E-state index in [0.717, 1.165) is 54.0 Å². The van der Waals surface area contributed by atoms with Crippen LogP contribution in [0.2, 0.25) is 0 Å². The second-order valence-electron chi connectivity index (χ2n) is 11.7. The molecule has 0 saturated heterocycles. The highest BCUT2D eigenvalue weighted by molar-refractivity contribution is 7.27. The Hall–Kier alpha value is -5.79. The maximum absolute atomic E-state index is 9.35. The van der Waals surface area contributed by atoms with Gasteiger partial charge in [-0.1, -0.05) is 109 Å². The topological polar surface area (TPSA) is 38.7 Å². The number of hydrogen-bond donors (Lipinski definition) is 0. The van der Waals surface area contributed by atoms with E-state index in [1.807, 2.05) is 42.5 Å². The lowest BCUT2D eigenvalue weighted by Crippen LogP contribution is -2.00. The Balaban J connectivity index is 1.27. The molecule has 0 bridgehead atoms. The van der Waals surface area contributed by atoms with Crippen LogP contribution in [-0.4, -0.2) is 15.0 Å². The van der Waals surface area contributed by atoms with Gasteiger partial charge in [0.15, 0.2) is 17.5 Å². The van der Waals surface area contributed by atoms with Gasteiger partial charge in [0, 0.05) is 77.2 Å². The van der Waals surface area contributed by atoms with E-state index in [0.29, 0.717) is 5.56 Å². The molecule has 0 unspecified atom stereocenters. The van der Waals surface area contributed by atoms with E-state index in [1.165, 1.54) is 0 Å². The summed E-state index contributed by atoms with van der Waals surface area (Å²) < 4.78 is 126. The molecule has 0 spiro atoms. The molecule has 0 amide bonds. The third-order valence-corrected chi connectivity index (χ3v) is 12.1. The van der Waals surface area contributed by atoms with Crippen LogP contribution in [0.4, 0.5) is 0 Å². The highest BCUT2D eigenvalue weighted by atomic mass is 32.1. The van der Waals surface area contributed by atoms with E-state index in [9.17, 15) is 2.74 Å². The lowest BCUT2D eigenvalue weighted by molar-refractivity contribution is 1.08. The standard InChI is InChI=1S/C45H25N3S3/c1-4-20-35-29(13-1)30-17-8-19-34(42(30)51-35)45-47-43(46-44(48-45)33-18-10-24-39-41(33)32-15-3-6-22-37(32)50-39)27-12-7-11-26(25-27)28-16-9-23-38-40(28)31-14-2-5-21-36(31)49-38/h1-25H/i1D,3D,4D,6D,8D,10D,13D,15D,17D,18D,19D,20D,22D,24D. The van der Waals surface area contributed by atoms with Crippen molar-refractivity contribution in [3.63, 3.8) is 0 Å². The van der Waals surface area contributed by atoms with E-state index >= 15 is 0 Å². The summed E-state index contributed by atoms with van der Waals surface area (Å²) >= 11 is 3.46. The molecule has 7 aromatic carbocycles. The third kappa shape index (κ3) is 4.58. The van der Waals surface area contributed by atoms with Gasteiger partial charge in [-0.2, -0.15) is 0 Å². The number of hydrogen-bond acceptors (Lipinski definition) is 6. The minimum atomic E-state index is -0.559. The average Bonchev–Trinajstić information content (AvgIpc) is 4.03. The van der Waals surface area contributed by atoms with Gasteiger partial charge in [0.05, 0.1) is 19.2 Å². The van der Waals surface area contributed by atoms with Crippen LogP contribution in [0.25, 0.3) is 106 Å². The van der Waals surface area contributed by atoms with E-state index in [-0.39, 0.29) is 87.1 Å². The Kier molecular flexibility index (Phi) is 4.11. The molecule has 11 aromatic rings. The first kappa shape index (κ1) is 18.4. The van der Waals surface area contributed by atoms with Crippen LogP contribution in [0.5, 0.6) is 0 Å². The van der Waals surface area contributed by atoms with Crippen molar-refractivity contribution in [2.24, 2.45) is 0 Å². The molecular weight excluding hydrogens is 679 g/mol. The van der Waals surface area contributed by atoms with Crippen LogP contribution in [-0.2, 0) is 0 Å². The Morgan fingerprint density at radius 2 is 1.02 bits per heavy atom. The first-order valence-corrected chi connectivity index (χ1v) is 18.2. The van der Waals surface area contributed by atoms with Gasteiger partial charge in [-0.05, 0) is 53.5 Å². The van der Waals surface area contributed by atoms with Crippen molar-refractivity contribution in [2.75, 3.05) is 0 Å². The number of thiophene rings is 3. The monoisotopic (exact) mass is 717 g/mol. The van der Waals surface area contributed by atoms with E-state index < -0.39 is 66.5 Å². The molecule has 4 aromatic heterocycles. The number of aromatic nitrogens is 3. The molecular formula is C45H25N3S3. The summed E-state index contributed by atoms with van der Waals surface area (Å²) in [7, 11) is 0. The van der Waals surface area contributed by atoms with Crippen molar-refractivity contribution in [3.8, 4) is 45.3 Å². The predicted molar refractivity (Wildman–Crippen MR) is 220 cm³/mol. The van der Waals surface area contributed by atoms with Crippen LogP contribution < -0.4 is 0 Å². The second-order valence-corrected chi connectivity index (χ2v) is 14.8. The van der Waals surface area contributed by atoms with Crippen molar-refractivity contribution >= 4 is 94.5 Å². The van der Waals surface area contributed by atoms with Crippen molar-refractivity contribution in [1.29, 1.82) is 0 Å². The van der Waals surface area contributed by atoms with Gasteiger partial charge in [-0.25, -0.2) is 15.0 Å². The molecule has 6 heteroatoms. The number of nitrogens with zero attached hydrogens (tertiary/aromatic N) is 3. The first-order valence-electron chi connectivity index (χ1n) is 22.7. The Morgan fingerprint density at radius 1 is 0.392 bits per heavy atom. The molecule has 3 nitrogen and oxygen atoms in total. The maximum atomic E-state index is 9.35. The van der Waals surface area contributed by atoms with Gasteiger partial charge in [-0.15, -0.1) is 34.0 Å². The Morgan fingerprint density at radius 3 is 1.94 bits per heavy atom. The van der Waals surface area contributed by atoms with Crippen LogP contribution in [0.15, 0.2) is 151 Å². The molecule has 0 aliphatic heterocycles. The van der Waals surface area contributed by atoms with Crippen LogP contribution in [0.1, 0.15) is 19.2 Å². The molecule has 4 heterocycles. The van der Waals surface area contributed by atoms with E-state index in [1.54, 1.807) is 17.4 Å². The Bertz CT molecular complexity index is 3970. The lowest BCUT2D eigenvalue weighted by atomic mass is 9.98. The zero-order valence-corrected chi connectivity index (χ0v) is 28.4. The van der Waals surface area contributed by atoms with Crippen molar-refractivity contribution in [1.82, 2.24) is 15.0 Å². The highest BCUT2D eigenvalue weighted by Crippen LogP contribution is 2.43. The summed E-state index contributed by atoms with van der Waals surface area (Å²) in [6.45, 7) is 0. The quantitative estimate of drug-likeness (QED) is 0.182. The summed E-state index contributed by atoms with van der Waals surface area (Å²) in [5, 5.41) is 2.21. The van der Waals surface area contributed by atoms with E-state index in [2.05, 4.69) is 18.2 Å². The molecule has 0 atom stereocenters. The molecule has 0 saturated carbocycles. The summed E-state index contributed by atoms with van der Waals surface area (Å²) in [6, 6.07) is 15.1. The van der Waals surface area contributed by atoms with Crippen molar-refractivity contribution < 1.29 is 19.2 Å². The summed E-state index contributed by atoms with van der Waals surface area (Å²) in [6.07, 6.45) is 0. The van der Waals surface area contributed by atoms with Gasteiger partial charge in [0.1, 0.15) is 0 Å². The zero-order chi connectivity index (χ0) is 45.7. The molecule has 11 rings (SSSR count). The molecule has 0 N–H and O–H groups in total. The zero-order valence-electron chi connectivity index (χ0n) is 39.9. The predicted octanol–water partition coefficient (Wildman–Crippen LogP) is 13.6. The fraction of sp³-hybridized carbons (Fsp3) is 0.